The number of hydrogen-bond donors (Lipinski definition) is 1. The van der Waals surface area contributed by atoms with Crippen molar-refractivity contribution in [3.8, 4) is 0 Å². The van der Waals surface area contributed by atoms with Crippen molar-refractivity contribution in [2.75, 3.05) is 26.2 Å². The molecule has 0 bridgehead atoms. The number of rotatable bonds is 3. The normalized spacial score (nSPS) is 26.3. The molecule has 0 aliphatic carbocycles. The van der Waals surface area contributed by atoms with Gasteiger partial charge in [-0.25, -0.2) is 4.39 Å². The van der Waals surface area contributed by atoms with E-state index in [0.29, 0.717) is 10.3 Å². The van der Waals surface area contributed by atoms with E-state index < -0.39 is 5.41 Å². The molecule has 2 aliphatic heterocycles. The molecule has 2 unspecified atom stereocenters. The van der Waals surface area contributed by atoms with Gasteiger partial charge in [-0.15, -0.1) is 0 Å². The lowest BCUT2D eigenvalue weighted by Gasteiger charge is -2.56. The summed E-state index contributed by atoms with van der Waals surface area (Å²) >= 11 is 1.27. The van der Waals surface area contributed by atoms with Crippen molar-refractivity contribution in [1.29, 1.82) is 0 Å². The molecule has 94 valence electrons. The molecule has 1 N–H and O–H groups in total. The van der Waals surface area contributed by atoms with Crippen LogP contribution in [0.3, 0.4) is 0 Å². The maximum absolute atomic E-state index is 13.7. The molecule has 2 saturated heterocycles. The third-order valence-electron chi connectivity index (χ3n) is 3.54. The summed E-state index contributed by atoms with van der Waals surface area (Å²) in [4.78, 5) is 3.08. The van der Waals surface area contributed by atoms with Crippen molar-refractivity contribution >= 4 is 20.8 Å². The van der Waals surface area contributed by atoms with E-state index in [0.717, 1.165) is 38.4 Å². The molecule has 1 spiro atoms. The molecule has 2 fully saturated rings. The van der Waals surface area contributed by atoms with E-state index in [1.807, 2.05) is 6.07 Å². The van der Waals surface area contributed by atoms with Gasteiger partial charge in [-0.1, -0.05) is 9.24 Å². The zero-order valence-electron chi connectivity index (χ0n) is 9.87. The molecule has 0 saturated carbocycles. The Morgan fingerprint density at radius 1 is 1.65 bits per heavy atom. The summed E-state index contributed by atoms with van der Waals surface area (Å²) in [7, 11) is 2.22. The summed E-state index contributed by atoms with van der Waals surface area (Å²) in [6.07, 6.45) is 0. The molecule has 3 rings (SSSR count). The molecule has 3 nitrogen and oxygen atoms in total. The van der Waals surface area contributed by atoms with E-state index in [4.69, 9.17) is 0 Å². The van der Waals surface area contributed by atoms with Gasteiger partial charge in [0.2, 0.25) is 0 Å². The van der Waals surface area contributed by atoms with Crippen LogP contribution < -0.4 is 5.32 Å². The first kappa shape index (κ1) is 12.0. The Balaban J connectivity index is 1.57. The summed E-state index contributed by atoms with van der Waals surface area (Å²) < 4.78 is 18.0. The molecule has 0 amide bonds. The van der Waals surface area contributed by atoms with Gasteiger partial charge in [-0.2, -0.15) is 4.37 Å². The minimum absolute atomic E-state index is 0.550. The fraction of sp³-hybridized carbons (Fsp3) is 0.727. The number of halogens is 1. The molecule has 3 heterocycles. The fourth-order valence-electron chi connectivity index (χ4n) is 2.56. The van der Waals surface area contributed by atoms with Crippen molar-refractivity contribution in [2.24, 2.45) is 5.41 Å². The highest BCUT2D eigenvalue weighted by Crippen LogP contribution is 2.37. The highest BCUT2D eigenvalue weighted by Gasteiger charge is 2.47. The number of nitrogens with zero attached hydrogens (tertiary/aromatic N) is 2. The van der Waals surface area contributed by atoms with Crippen LogP contribution in [0.2, 0.25) is 0 Å². The average molecular weight is 273 g/mol. The van der Waals surface area contributed by atoms with Gasteiger partial charge < -0.3 is 5.32 Å². The number of nitrogens with one attached hydrogen (secondary N) is 1. The third kappa shape index (κ3) is 2.26. The molecule has 2 aliphatic rings. The van der Waals surface area contributed by atoms with E-state index >= 15 is 0 Å². The van der Waals surface area contributed by atoms with Gasteiger partial charge in [0.25, 0.3) is 0 Å². The van der Waals surface area contributed by atoms with Crippen LogP contribution in [-0.4, -0.2) is 35.5 Å². The summed E-state index contributed by atoms with van der Waals surface area (Å²) in [6.45, 7) is 7.02. The van der Waals surface area contributed by atoms with Crippen molar-refractivity contribution in [3.63, 3.8) is 0 Å². The Morgan fingerprint density at radius 2 is 2.35 bits per heavy atom. The fourth-order valence-corrected chi connectivity index (χ4v) is 3.50. The van der Waals surface area contributed by atoms with E-state index in [1.54, 1.807) is 6.92 Å². The quantitative estimate of drug-likeness (QED) is 0.847. The molecule has 1 aromatic heterocycles. The van der Waals surface area contributed by atoms with Crippen LogP contribution in [-0.2, 0) is 12.0 Å². The van der Waals surface area contributed by atoms with E-state index in [2.05, 4.69) is 23.8 Å². The van der Waals surface area contributed by atoms with Crippen LogP contribution in [0.5, 0.6) is 0 Å². The maximum Gasteiger partial charge on any atom is 0.156 e. The van der Waals surface area contributed by atoms with E-state index in [1.165, 1.54) is 11.5 Å². The van der Waals surface area contributed by atoms with E-state index in [9.17, 15) is 4.39 Å². The number of alkyl halides is 1. The van der Waals surface area contributed by atoms with Crippen LogP contribution in [0.15, 0.2) is 6.07 Å². The Hall–Kier alpha value is -0.0900. The Bertz CT molecular complexity index is 417. The zero-order valence-corrected chi connectivity index (χ0v) is 11.8. The lowest BCUT2D eigenvalue weighted by atomic mass is 9.74. The molecule has 0 aromatic carbocycles. The minimum Gasteiger partial charge on any atom is -0.315 e. The first-order chi connectivity index (χ1) is 7.97. The van der Waals surface area contributed by atoms with Crippen LogP contribution >= 0.6 is 20.8 Å². The molecule has 1 aromatic rings. The van der Waals surface area contributed by atoms with Gasteiger partial charge in [-0.05, 0) is 24.5 Å². The maximum atomic E-state index is 13.7. The van der Waals surface area contributed by atoms with Gasteiger partial charge in [-0.3, -0.25) is 4.90 Å². The van der Waals surface area contributed by atoms with Gasteiger partial charge in [0, 0.05) is 38.1 Å². The highest BCUT2D eigenvalue weighted by atomic mass is 32.1. The summed E-state index contributed by atoms with van der Waals surface area (Å²) in [6, 6.07) is 1.89. The Kier molecular flexibility index (Phi) is 2.78. The zero-order chi connectivity index (χ0) is 12.1. The molecular formula is C11H17FN3PS. The predicted molar refractivity (Wildman–Crippen MR) is 70.9 cm³/mol. The second-order valence-electron chi connectivity index (χ2n) is 5.51. The van der Waals surface area contributed by atoms with Crippen molar-refractivity contribution < 1.29 is 4.39 Å². The number of aromatic nitrogens is 1. The summed E-state index contributed by atoms with van der Waals surface area (Å²) in [5.74, 6) is 0. The monoisotopic (exact) mass is 273 g/mol. The van der Waals surface area contributed by atoms with Gasteiger partial charge >= 0.3 is 0 Å². The lowest BCUT2D eigenvalue weighted by molar-refractivity contribution is -0.0449. The molecular weight excluding hydrogens is 256 g/mol. The third-order valence-corrected chi connectivity index (χ3v) is 5.10. The van der Waals surface area contributed by atoms with Crippen LogP contribution in [0.1, 0.15) is 17.5 Å². The van der Waals surface area contributed by atoms with Crippen molar-refractivity contribution in [2.45, 2.75) is 18.9 Å². The SMILES string of the molecule is CC(F)(P)c1cc(CN2CC3(CNC3)C2)ns1. The van der Waals surface area contributed by atoms with Gasteiger partial charge in [0.05, 0.1) is 10.6 Å². The molecule has 6 heteroatoms. The minimum atomic E-state index is -1.34. The topological polar surface area (TPSA) is 28.2 Å². The van der Waals surface area contributed by atoms with Gasteiger partial charge in [0.15, 0.2) is 5.41 Å². The Morgan fingerprint density at radius 3 is 2.82 bits per heavy atom. The van der Waals surface area contributed by atoms with E-state index in [-0.39, 0.29) is 0 Å². The standard InChI is InChI=1S/C11H17FN3PS/c1-10(12,16)9-2-8(14-17-9)3-15-6-11(7-15)4-13-5-11/h2,13H,3-7,16H2,1H3. The predicted octanol–water partition coefficient (Wildman–Crippen LogP) is 1.57. The van der Waals surface area contributed by atoms with Crippen molar-refractivity contribution in [1.82, 2.24) is 14.6 Å². The summed E-state index contributed by atoms with van der Waals surface area (Å²) in [5.41, 5.74) is 1.55. The second-order valence-corrected chi connectivity index (χ2v) is 7.40. The van der Waals surface area contributed by atoms with Crippen molar-refractivity contribution in [3.05, 3.63) is 16.6 Å². The highest BCUT2D eigenvalue weighted by molar-refractivity contribution is 7.20. The molecule has 17 heavy (non-hydrogen) atoms. The lowest BCUT2D eigenvalue weighted by Crippen LogP contribution is -2.70. The largest absolute Gasteiger partial charge is 0.315 e. The number of hydrogen-bond acceptors (Lipinski definition) is 4. The first-order valence-electron chi connectivity index (χ1n) is 5.84. The number of likely N-dealkylation sites (tertiary alicyclic amines) is 1. The smallest absolute Gasteiger partial charge is 0.156 e. The van der Waals surface area contributed by atoms with Crippen LogP contribution in [0.25, 0.3) is 0 Å². The molecule has 0 radical (unpaired) electrons. The van der Waals surface area contributed by atoms with Gasteiger partial charge in [0.1, 0.15) is 0 Å². The average Bonchev–Trinajstić information content (AvgIpc) is 2.54. The second kappa shape index (κ2) is 3.95. The van der Waals surface area contributed by atoms with Crippen LogP contribution in [0.4, 0.5) is 4.39 Å². The summed E-state index contributed by atoms with van der Waals surface area (Å²) in [5, 5.41) is 1.98. The Labute approximate surface area is 107 Å². The first-order valence-corrected chi connectivity index (χ1v) is 7.19. The molecule has 2 atom stereocenters. The van der Waals surface area contributed by atoms with Crippen LogP contribution in [0, 0.1) is 5.41 Å².